The van der Waals surface area contributed by atoms with Gasteiger partial charge in [0.2, 0.25) is 0 Å². The minimum Gasteiger partial charge on any atom is -0.338 e. The van der Waals surface area contributed by atoms with Crippen molar-refractivity contribution in [1.82, 2.24) is 14.5 Å². The van der Waals surface area contributed by atoms with Gasteiger partial charge in [0.05, 0.1) is 11.7 Å². The molecule has 4 heteroatoms. The van der Waals surface area contributed by atoms with E-state index in [0.29, 0.717) is 5.69 Å². The van der Waals surface area contributed by atoms with Crippen LogP contribution in [-0.4, -0.2) is 39.9 Å². The molecule has 2 heterocycles. The molecule has 0 radical (unpaired) electrons. The van der Waals surface area contributed by atoms with E-state index in [1.54, 1.807) is 6.92 Å². The summed E-state index contributed by atoms with van der Waals surface area (Å²) in [6, 6.07) is 10.3. The van der Waals surface area contributed by atoms with Crippen LogP contribution < -0.4 is 0 Å². The highest BCUT2D eigenvalue weighted by Gasteiger charge is 2.13. The molecule has 0 fully saturated rings. The van der Waals surface area contributed by atoms with Crippen LogP contribution in [0, 0.1) is 0 Å². The number of nitrogens with zero attached hydrogens (tertiary/aromatic N) is 3. The Kier molecular flexibility index (Phi) is 5.73. The summed E-state index contributed by atoms with van der Waals surface area (Å²) in [5, 5.41) is 2.30. The van der Waals surface area contributed by atoms with Crippen LogP contribution in [0.15, 0.2) is 36.5 Å². The SMILES string of the molecule is C.CCN(CC)CCn1c2ccccc2c2cc(C(C)=O)ncc21. The van der Waals surface area contributed by atoms with Crippen LogP contribution in [0.2, 0.25) is 0 Å². The van der Waals surface area contributed by atoms with E-state index in [1.165, 1.54) is 10.9 Å². The van der Waals surface area contributed by atoms with E-state index in [1.807, 2.05) is 18.3 Å². The molecule has 0 aliphatic rings. The molecule has 0 N–H and O–H groups in total. The van der Waals surface area contributed by atoms with Crippen LogP contribution in [-0.2, 0) is 6.54 Å². The Labute approximate surface area is 144 Å². The van der Waals surface area contributed by atoms with Gasteiger partial charge in [0.15, 0.2) is 5.78 Å². The maximum atomic E-state index is 11.6. The monoisotopic (exact) mass is 325 g/mol. The second kappa shape index (κ2) is 7.58. The molecule has 4 nitrogen and oxygen atoms in total. The first kappa shape index (κ1) is 18.1. The first-order valence-corrected chi connectivity index (χ1v) is 8.26. The van der Waals surface area contributed by atoms with E-state index in [-0.39, 0.29) is 13.2 Å². The van der Waals surface area contributed by atoms with E-state index < -0.39 is 0 Å². The number of carbonyl (C=O) groups is 1. The quantitative estimate of drug-likeness (QED) is 0.632. The second-order valence-corrected chi connectivity index (χ2v) is 5.84. The molecule has 0 amide bonds. The fraction of sp³-hybridized carbons (Fsp3) is 0.400. The lowest BCUT2D eigenvalue weighted by Crippen LogP contribution is -2.26. The largest absolute Gasteiger partial charge is 0.338 e. The summed E-state index contributed by atoms with van der Waals surface area (Å²) < 4.78 is 2.32. The summed E-state index contributed by atoms with van der Waals surface area (Å²) in [7, 11) is 0. The van der Waals surface area contributed by atoms with E-state index in [0.717, 1.165) is 37.1 Å². The Morgan fingerprint density at radius 2 is 1.83 bits per heavy atom. The number of pyridine rings is 1. The van der Waals surface area contributed by atoms with E-state index in [2.05, 4.69) is 46.5 Å². The number of fused-ring (bicyclic) bond motifs is 3. The van der Waals surface area contributed by atoms with E-state index in [9.17, 15) is 4.79 Å². The number of hydrogen-bond acceptors (Lipinski definition) is 3. The lowest BCUT2D eigenvalue weighted by molar-refractivity contribution is 0.101. The van der Waals surface area contributed by atoms with Crippen molar-refractivity contribution < 1.29 is 4.79 Å². The van der Waals surface area contributed by atoms with Gasteiger partial charge in [-0.2, -0.15) is 0 Å². The zero-order valence-corrected chi connectivity index (χ0v) is 14.0. The lowest BCUT2D eigenvalue weighted by atomic mass is 10.1. The fourth-order valence-corrected chi connectivity index (χ4v) is 3.16. The predicted octanol–water partition coefficient (Wildman–Crippen LogP) is 4.37. The van der Waals surface area contributed by atoms with Gasteiger partial charge in [-0.3, -0.25) is 9.78 Å². The minimum atomic E-state index is 0. The molecule has 1 aromatic carbocycles. The number of carbonyl (C=O) groups excluding carboxylic acids is 1. The Balaban J connectivity index is 0.00000208. The van der Waals surface area contributed by atoms with E-state index >= 15 is 0 Å². The number of benzene rings is 1. The molecule has 2 aromatic heterocycles. The maximum Gasteiger partial charge on any atom is 0.178 e. The van der Waals surface area contributed by atoms with Gasteiger partial charge >= 0.3 is 0 Å². The van der Waals surface area contributed by atoms with Crippen LogP contribution in [0.5, 0.6) is 0 Å². The summed E-state index contributed by atoms with van der Waals surface area (Å²) in [5.74, 6) is 0.00636. The third-order valence-electron chi connectivity index (χ3n) is 4.55. The van der Waals surface area contributed by atoms with Gasteiger partial charge in [-0.05, 0) is 25.2 Å². The van der Waals surface area contributed by atoms with Gasteiger partial charge in [-0.15, -0.1) is 0 Å². The summed E-state index contributed by atoms with van der Waals surface area (Å²) in [5.41, 5.74) is 2.84. The van der Waals surface area contributed by atoms with Crippen molar-refractivity contribution in [2.45, 2.75) is 34.7 Å². The highest BCUT2D eigenvalue weighted by Crippen LogP contribution is 2.29. The van der Waals surface area contributed by atoms with Crippen LogP contribution >= 0.6 is 0 Å². The summed E-state index contributed by atoms with van der Waals surface area (Å²) in [6.07, 6.45) is 1.84. The first-order chi connectivity index (χ1) is 11.2. The Morgan fingerprint density at radius 3 is 2.50 bits per heavy atom. The standard InChI is InChI=1S/C19H23N3O.CH4/c1-4-21(5-2)10-11-22-18-9-7-6-8-15(18)16-12-17(14(3)23)20-13-19(16)22;/h6-9,12-13H,4-5,10-11H2,1-3H3;1H4. The zero-order chi connectivity index (χ0) is 16.4. The number of ketones is 1. The van der Waals surface area contributed by atoms with Crippen molar-refractivity contribution >= 4 is 27.6 Å². The number of rotatable bonds is 6. The smallest absolute Gasteiger partial charge is 0.178 e. The Bertz CT molecular complexity index is 847. The average molecular weight is 325 g/mol. The molecule has 3 aromatic rings. The molecule has 0 aliphatic carbocycles. The van der Waals surface area contributed by atoms with Gasteiger partial charge < -0.3 is 9.47 Å². The number of hydrogen-bond donors (Lipinski definition) is 0. The zero-order valence-electron chi connectivity index (χ0n) is 14.0. The topological polar surface area (TPSA) is 38.1 Å². The number of para-hydroxylation sites is 1. The molecule has 0 spiro atoms. The summed E-state index contributed by atoms with van der Waals surface area (Å²) >= 11 is 0. The molecule has 24 heavy (non-hydrogen) atoms. The van der Waals surface area contributed by atoms with Crippen molar-refractivity contribution in [1.29, 1.82) is 0 Å². The van der Waals surface area contributed by atoms with Crippen molar-refractivity contribution in [2.75, 3.05) is 19.6 Å². The molecule has 0 saturated carbocycles. The second-order valence-electron chi connectivity index (χ2n) is 5.84. The molecule has 0 bridgehead atoms. The van der Waals surface area contributed by atoms with Gasteiger partial charge in [0, 0.05) is 36.3 Å². The molecule has 0 unspecified atom stereocenters. The van der Waals surface area contributed by atoms with Crippen molar-refractivity contribution in [3.63, 3.8) is 0 Å². The molecule has 128 valence electrons. The highest BCUT2D eigenvalue weighted by atomic mass is 16.1. The molecular formula is C20H27N3O. The van der Waals surface area contributed by atoms with Crippen molar-refractivity contribution in [2.24, 2.45) is 0 Å². The first-order valence-electron chi connectivity index (χ1n) is 8.26. The fourth-order valence-electron chi connectivity index (χ4n) is 3.16. The van der Waals surface area contributed by atoms with Crippen LogP contribution in [0.4, 0.5) is 0 Å². The third-order valence-corrected chi connectivity index (χ3v) is 4.55. The highest BCUT2D eigenvalue weighted by molar-refractivity contribution is 6.09. The lowest BCUT2D eigenvalue weighted by Gasteiger charge is -2.19. The van der Waals surface area contributed by atoms with E-state index in [4.69, 9.17) is 0 Å². The average Bonchev–Trinajstić information content (AvgIpc) is 2.89. The minimum absolute atomic E-state index is 0. The Hall–Kier alpha value is -2.20. The molecule has 0 aliphatic heterocycles. The maximum absolute atomic E-state index is 11.6. The van der Waals surface area contributed by atoms with Crippen LogP contribution in [0.1, 0.15) is 38.7 Å². The predicted molar refractivity (Wildman–Crippen MR) is 102 cm³/mol. The molecule has 0 saturated heterocycles. The van der Waals surface area contributed by atoms with Crippen LogP contribution in [0.25, 0.3) is 21.8 Å². The van der Waals surface area contributed by atoms with Crippen LogP contribution in [0.3, 0.4) is 0 Å². The van der Waals surface area contributed by atoms with Crippen molar-refractivity contribution in [3.05, 3.63) is 42.2 Å². The number of likely N-dealkylation sites (N-methyl/N-ethyl adjacent to an activating group) is 1. The van der Waals surface area contributed by atoms with Gasteiger partial charge in [0.1, 0.15) is 5.69 Å². The molecule has 3 rings (SSSR count). The number of Topliss-reactive ketones (excluding diaryl/α,β-unsaturated/α-hetero) is 1. The number of aromatic nitrogens is 2. The normalized spacial score (nSPS) is 11.2. The van der Waals surface area contributed by atoms with Gasteiger partial charge in [0.25, 0.3) is 0 Å². The summed E-state index contributed by atoms with van der Waals surface area (Å²) in [4.78, 5) is 18.4. The van der Waals surface area contributed by atoms with Gasteiger partial charge in [-0.1, -0.05) is 39.5 Å². The van der Waals surface area contributed by atoms with Gasteiger partial charge in [-0.25, -0.2) is 0 Å². The summed E-state index contributed by atoms with van der Waals surface area (Å²) in [6.45, 7) is 9.99. The Morgan fingerprint density at radius 1 is 1.12 bits per heavy atom. The third kappa shape index (κ3) is 3.20. The molecule has 0 atom stereocenters. The molecular weight excluding hydrogens is 298 g/mol. The van der Waals surface area contributed by atoms with Crippen molar-refractivity contribution in [3.8, 4) is 0 Å².